The summed E-state index contributed by atoms with van der Waals surface area (Å²) >= 11 is 0. The summed E-state index contributed by atoms with van der Waals surface area (Å²) in [5.41, 5.74) is 11.3. The summed E-state index contributed by atoms with van der Waals surface area (Å²) in [4.78, 5) is 60.6. The lowest BCUT2D eigenvalue weighted by Crippen LogP contribution is -2.59. The lowest BCUT2D eigenvalue weighted by Gasteiger charge is -2.28. The van der Waals surface area contributed by atoms with Gasteiger partial charge in [-0.15, -0.1) is 0 Å². The van der Waals surface area contributed by atoms with Crippen LogP contribution in [0.4, 0.5) is 0 Å². The molecular formula is C22H41N5O7. The monoisotopic (exact) mass is 487 g/mol. The first kappa shape index (κ1) is 31.3. The summed E-state index contributed by atoms with van der Waals surface area (Å²) in [6.07, 6.45) is 1.50. The molecule has 0 aromatic carbocycles. The van der Waals surface area contributed by atoms with Crippen molar-refractivity contribution in [1.82, 2.24) is 16.0 Å². The van der Waals surface area contributed by atoms with Crippen molar-refractivity contribution in [1.29, 1.82) is 0 Å². The number of carbonyl (C=O) groups excluding carboxylic acids is 3. The second-order valence-electron chi connectivity index (χ2n) is 8.82. The molecule has 5 unspecified atom stereocenters. The zero-order chi connectivity index (χ0) is 26.4. The summed E-state index contributed by atoms with van der Waals surface area (Å²) in [5, 5.41) is 25.8. The molecule has 0 aliphatic rings. The molecule has 0 fully saturated rings. The molecule has 0 rings (SSSR count). The van der Waals surface area contributed by atoms with E-state index in [2.05, 4.69) is 16.0 Å². The molecule has 12 nitrogen and oxygen atoms in total. The maximum atomic E-state index is 13.1. The Morgan fingerprint density at radius 3 is 1.88 bits per heavy atom. The Hall–Kier alpha value is -2.73. The zero-order valence-electron chi connectivity index (χ0n) is 20.5. The van der Waals surface area contributed by atoms with Gasteiger partial charge in [-0.25, -0.2) is 4.79 Å². The normalized spacial score (nSPS) is 15.5. The van der Waals surface area contributed by atoms with Crippen molar-refractivity contribution in [3.63, 3.8) is 0 Å². The van der Waals surface area contributed by atoms with Crippen LogP contribution in [0.2, 0.25) is 0 Å². The molecule has 12 heteroatoms. The van der Waals surface area contributed by atoms with Gasteiger partial charge in [0.25, 0.3) is 0 Å². The van der Waals surface area contributed by atoms with Crippen LogP contribution in [0.15, 0.2) is 0 Å². The number of rotatable bonds is 17. The quantitative estimate of drug-likeness (QED) is 0.132. The Morgan fingerprint density at radius 1 is 0.824 bits per heavy atom. The summed E-state index contributed by atoms with van der Waals surface area (Å²) in [6.45, 7) is 7.29. The Labute approximate surface area is 200 Å². The van der Waals surface area contributed by atoms with E-state index in [9.17, 15) is 29.1 Å². The van der Waals surface area contributed by atoms with Crippen LogP contribution < -0.4 is 27.4 Å². The van der Waals surface area contributed by atoms with E-state index in [0.29, 0.717) is 25.8 Å². The molecule has 0 aromatic rings. The van der Waals surface area contributed by atoms with E-state index in [1.54, 1.807) is 20.8 Å². The van der Waals surface area contributed by atoms with Gasteiger partial charge in [-0.2, -0.15) is 0 Å². The maximum absolute atomic E-state index is 13.1. The topological polar surface area (TPSA) is 214 Å². The minimum atomic E-state index is -1.18. The minimum absolute atomic E-state index is 0.0953. The van der Waals surface area contributed by atoms with E-state index >= 15 is 0 Å². The van der Waals surface area contributed by atoms with Crippen molar-refractivity contribution < 1.29 is 34.2 Å². The van der Waals surface area contributed by atoms with Gasteiger partial charge < -0.3 is 37.6 Å². The summed E-state index contributed by atoms with van der Waals surface area (Å²) in [6, 6.07) is -4.28. The SMILES string of the molecule is CCC(C)C(NC(=O)C(CCCCN)NC(=O)C(N)CCC(=O)O)C(=O)NC(C(=O)O)C(C)C. The van der Waals surface area contributed by atoms with Crippen LogP contribution in [-0.4, -0.2) is 70.6 Å². The van der Waals surface area contributed by atoms with Crippen molar-refractivity contribution in [3.05, 3.63) is 0 Å². The third-order valence-corrected chi connectivity index (χ3v) is 5.61. The van der Waals surface area contributed by atoms with Crippen molar-refractivity contribution >= 4 is 29.7 Å². The lowest BCUT2D eigenvalue weighted by molar-refractivity contribution is -0.144. The van der Waals surface area contributed by atoms with Gasteiger partial charge in [0, 0.05) is 6.42 Å². The van der Waals surface area contributed by atoms with Gasteiger partial charge in [0.05, 0.1) is 6.04 Å². The van der Waals surface area contributed by atoms with Crippen LogP contribution in [0.3, 0.4) is 0 Å². The number of nitrogens with one attached hydrogen (secondary N) is 3. The average Bonchev–Trinajstić information content (AvgIpc) is 2.77. The molecule has 0 bridgehead atoms. The van der Waals surface area contributed by atoms with Crippen LogP contribution >= 0.6 is 0 Å². The molecule has 0 saturated carbocycles. The minimum Gasteiger partial charge on any atom is -0.481 e. The first-order valence-electron chi connectivity index (χ1n) is 11.7. The first-order chi connectivity index (χ1) is 15.8. The predicted molar refractivity (Wildman–Crippen MR) is 125 cm³/mol. The number of hydrogen-bond donors (Lipinski definition) is 7. The molecule has 3 amide bonds. The largest absolute Gasteiger partial charge is 0.481 e. The van der Waals surface area contributed by atoms with E-state index in [1.165, 1.54) is 0 Å². The molecule has 0 aliphatic carbocycles. The second-order valence-corrected chi connectivity index (χ2v) is 8.82. The highest BCUT2D eigenvalue weighted by Gasteiger charge is 2.33. The number of carboxylic acids is 2. The zero-order valence-corrected chi connectivity index (χ0v) is 20.5. The summed E-state index contributed by atoms with van der Waals surface area (Å²) < 4.78 is 0. The maximum Gasteiger partial charge on any atom is 0.326 e. The van der Waals surface area contributed by atoms with Crippen LogP contribution in [0.25, 0.3) is 0 Å². The fourth-order valence-corrected chi connectivity index (χ4v) is 3.16. The molecule has 0 aromatic heterocycles. The highest BCUT2D eigenvalue weighted by atomic mass is 16.4. The Kier molecular flexibility index (Phi) is 14.7. The highest BCUT2D eigenvalue weighted by molar-refractivity contribution is 5.94. The van der Waals surface area contributed by atoms with Crippen molar-refractivity contribution in [2.24, 2.45) is 23.3 Å². The van der Waals surface area contributed by atoms with E-state index in [-0.39, 0.29) is 31.1 Å². The molecule has 0 spiro atoms. The Balaban J connectivity index is 5.53. The van der Waals surface area contributed by atoms with Gasteiger partial charge in [-0.3, -0.25) is 19.2 Å². The number of carbonyl (C=O) groups is 5. The number of unbranched alkanes of at least 4 members (excludes halogenated alkanes) is 1. The predicted octanol–water partition coefficient (Wildman–Crippen LogP) is -0.451. The van der Waals surface area contributed by atoms with E-state index in [0.717, 1.165) is 0 Å². The molecular weight excluding hydrogens is 446 g/mol. The van der Waals surface area contributed by atoms with Gasteiger partial charge in [0.15, 0.2) is 0 Å². The number of aliphatic carboxylic acids is 2. The number of carboxylic acid groups (broad SMARTS) is 2. The average molecular weight is 488 g/mol. The summed E-state index contributed by atoms with van der Waals surface area (Å²) in [5.74, 6) is -4.89. The van der Waals surface area contributed by atoms with Crippen LogP contribution in [0.1, 0.15) is 66.2 Å². The van der Waals surface area contributed by atoms with E-state index in [1.807, 2.05) is 6.92 Å². The van der Waals surface area contributed by atoms with Crippen LogP contribution in [-0.2, 0) is 24.0 Å². The molecule has 9 N–H and O–H groups in total. The first-order valence-corrected chi connectivity index (χ1v) is 11.7. The van der Waals surface area contributed by atoms with Gasteiger partial charge in [0.2, 0.25) is 17.7 Å². The number of nitrogens with two attached hydrogens (primary N) is 2. The van der Waals surface area contributed by atoms with E-state index < -0.39 is 53.8 Å². The van der Waals surface area contributed by atoms with Gasteiger partial charge in [0.1, 0.15) is 18.1 Å². The molecule has 5 atom stereocenters. The third-order valence-electron chi connectivity index (χ3n) is 5.61. The molecule has 0 radical (unpaired) electrons. The van der Waals surface area contributed by atoms with E-state index in [4.69, 9.17) is 16.6 Å². The molecule has 0 heterocycles. The number of hydrogen-bond acceptors (Lipinski definition) is 7. The highest BCUT2D eigenvalue weighted by Crippen LogP contribution is 2.12. The smallest absolute Gasteiger partial charge is 0.326 e. The van der Waals surface area contributed by atoms with Crippen molar-refractivity contribution in [3.8, 4) is 0 Å². The fourth-order valence-electron chi connectivity index (χ4n) is 3.16. The molecule has 196 valence electrons. The Morgan fingerprint density at radius 2 is 1.41 bits per heavy atom. The molecule has 0 saturated heterocycles. The summed E-state index contributed by atoms with van der Waals surface area (Å²) in [7, 11) is 0. The van der Waals surface area contributed by atoms with Crippen molar-refractivity contribution in [2.45, 2.75) is 90.4 Å². The second kappa shape index (κ2) is 16.0. The van der Waals surface area contributed by atoms with Gasteiger partial charge in [-0.05, 0) is 44.1 Å². The van der Waals surface area contributed by atoms with Crippen LogP contribution in [0.5, 0.6) is 0 Å². The molecule has 0 aliphatic heterocycles. The number of amides is 3. The van der Waals surface area contributed by atoms with Gasteiger partial charge in [-0.1, -0.05) is 34.1 Å². The standard InChI is InChI=1S/C22H41N5O7/c1-5-13(4)18(21(32)26-17(12(2)3)22(33)34)27-20(31)15(8-6-7-11-23)25-19(30)14(24)9-10-16(28)29/h12-15,17-18H,5-11,23-24H2,1-4H3,(H,25,30)(H,26,32)(H,27,31)(H,28,29)(H,33,34). The van der Waals surface area contributed by atoms with Crippen molar-refractivity contribution in [2.75, 3.05) is 6.54 Å². The molecule has 34 heavy (non-hydrogen) atoms. The fraction of sp³-hybridized carbons (Fsp3) is 0.773. The Bertz CT molecular complexity index is 701. The third kappa shape index (κ3) is 11.4. The van der Waals surface area contributed by atoms with Gasteiger partial charge >= 0.3 is 11.9 Å². The lowest BCUT2D eigenvalue weighted by atomic mass is 9.96. The van der Waals surface area contributed by atoms with Crippen LogP contribution in [0, 0.1) is 11.8 Å².